The van der Waals surface area contributed by atoms with Crippen LogP contribution in [-0.2, 0) is 14.8 Å². The fourth-order valence-corrected chi connectivity index (χ4v) is 3.76. The van der Waals surface area contributed by atoms with Crippen LogP contribution >= 0.6 is 15.9 Å². The van der Waals surface area contributed by atoms with Gasteiger partial charge in [-0.25, -0.2) is 8.42 Å². The molecule has 0 saturated heterocycles. The number of nitrogens with one attached hydrogen (secondary N) is 1. The monoisotopic (exact) mass is 424 g/mol. The smallest absolute Gasteiger partial charge is 0.267 e. The SMILES string of the molecule is Cc1cc(NC(=O)[C@@H]2CN(S(C)(=O)=O)c3ccccc3O2)ccc1Br. The first-order chi connectivity index (χ1) is 11.8. The van der Waals surface area contributed by atoms with Crippen molar-refractivity contribution in [3.8, 4) is 5.75 Å². The minimum Gasteiger partial charge on any atom is -0.476 e. The van der Waals surface area contributed by atoms with Crippen molar-refractivity contribution in [2.75, 3.05) is 22.4 Å². The van der Waals surface area contributed by atoms with Crippen LogP contribution in [0.5, 0.6) is 5.75 Å². The van der Waals surface area contributed by atoms with Gasteiger partial charge in [-0.3, -0.25) is 9.10 Å². The zero-order valence-corrected chi connectivity index (χ0v) is 16.1. The van der Waals surface area contributed by atoms with Gasteiger partial charge in [0.05, 0.1) is 18.5 Å². The van der Waals surface area contributed by atoms with Crippen molar-refractivity contribution in [1.29, 1.82) is 0 Å². The zero-order valence-electron chi connectivity index (χ0n) is 13.7. The molecule has 0 spiro atoms. The Hall–Kier alpha value is -2.06. The highest BCUT2D eigenvalue weighted by Crippen LogP contribution is 2.34. The van der Waals surface area contributed by atoms with Crippen molar-refractivity contribution in [3.63, 3.8) is 0 Å². The second-order valence-electron chi connectivity index (χ2n) is 5.82. The molecule has 1 N–H and O–H groups in total. The van der Waals surface area contributed by atoms with Gasteiger partial charge in [-0.15, -0.1) is 0 Å². The molecule has 0 aliphatic carbocycles. The lowest BCUT2D eigenvalue weighted by atomic mass is 10.2. The van der Waals surface area contributed by atoms with E-state index in [2.05, 4.69) is 21.2 Å². The Morgan fingerprint density at radius 1 is 1.28 bits per heavy atom. The maximum absolute atomic E-state index is 12.6. The number of halogens is 1. The summed E-state index contributed by atoms with van der Waals surface area (Å²) in [6.07, 6.45) is 0.177. The van der Waals surface area contributed by atoms with E-state index in [-0.39, 0.29) is 6.54 Å². The molecule has 1 aliphatic rings. The van der Waals surface area contributed by atoms with Crippen LogP contribution in [0.3, 0.4) is 0 Å². The number of benzene rings is 2. The van der Waals surface area contributed by atoms with Crippen LogP contribution in [0.15, 0.2) is 46.9 Å². The van der Waals surface area contributed by atoms with Gasteiger partial charge in [-0.2, -0.15) is 0 Å². The lowest BCUT2D eigenvalue weighted by molar-refractivity contribution is -0.122. The molecular weight excluding hydrogens is 408 g/mol. The van der Waals surface area contributed by atoms with Gasteiger partial charge in [0.2, 0.25) is 10.0 Å². The Morgan fingerprint density at radius 3 is 2.68 bits per heavy atom. The van der Waals surface area contributed by atoms with Crippen LogP contribution in [0.1, 0.15) is 5.56 Å². The summed E-state index contributed by atoms with van der Waals surface area (Å²) >= 11 is 3.41. The van der Waals surface area contributed by atoms with Crippen molar-refractivity contribution in [1.82, 2.24) is 0 Å². The largest absolute Gasteiger partial charge is 0.476 e. The number of hydrogen-bond donors (Lipinski definition) is 1. The average Bonchev–Trinajstić information content (AvgIpc) is 2.56. The fourth-order valence-electron chi connectivity index (χ4n) is 2.60. The number of amides is 1. The first-order valence-corrected chi connectivity index (χ1v) is 10.2. The Kier molecular flexibility index (Phi) is 4.75. The summed E-state index contributed by atoms with van der Waals surface area (Å²) < 4.78 is 32.0. The summed E-state index contributed by atoms with van der Waals surface area (Å²) in [5.74, 6) is -0.0313. The molecule has 1 atom stereocenters. The molecule has 0 bridgehead atoms. The number of hydrogen-bond acceptors (Lipinski definition) is 4. The second-order valence-corrected chi connectivity index (χ2v) is 8.58. The standard InChI is InChI=1S/C17H17BrN2O4S/c1-11-9-12(7-8-13(11)18)19-17(21)16-10-20(25(2,22)23)14-5-3-4-6-15(14)24-16/h3-9,16H,10H2,1-2H3,(H,19,21)/t16-/m0/s1. The van der Waals surface area contributed by atoms with E-state index in [4.69, 9.17) is 4.74 Å². The Balaban J connectivity index is 1.85. The van der Waals surface area contributed by atoms with Crippen molar-refractivity contribution in [2.24, 2.45) is 0 Å². The molecule has 8 heteroatoms. The van der Waals surface area contributed by atoms with E-state index in [1.54, 1.807) is 30.3 Å². The first-order valence-electron chi connectivity index (χ1n) is 7.56. The summed E-state index contributed by atoms with van der Waals surface area (Å²) in [6.45, 7) is 1.84. The molecule has 1 heterocycles. The zero-order chi connectivity index (χ0) is 18.2. The number of sulfonamides is 1. The Labute approximate surface area is 155 Å². The Morgan fingerprint density at radius 2 is 2.00 bits per heavy atom. The molecule has 6 nitrogen and oxygen atoms in total. The van der Waals surface area contributed by atoms with Crippen LogP contribution in [0.25, 0.3) is 0 Å². The third-order valence-electron chi connectivity index (χ3n) is 3.85. The van der Waals surface area contributed by atoms with Crippen LogP contribution in [-0.4, -0.2) is 33.2 Å². The van der Waals surface area contributed by atoms with Crippen molar-refractivity contribution < 1.29 is 17.9 Å². The van der Waals surface area contributed by atoms with Crippen LogP contribution < -0.4 is 14.4 Å². The van der Waals surface area contributed by atoms with Gasteiger partial charge in [0.15, 0.2) is 6.10 Å². The molecule has 132 valence electrons. The van der Waals surface area contributed by atoms with E-state index < -0.39 is 22.0 Å². The van der Waals surface area contributed by atoms with E-state index in [0.29, 0.717) is 17.1 Å². The van der Waals surface area contributed by atoms with Gasteiger partial charge >= 0.3 is 0 Å². The van der Waals surface area contributed by atoms with Crippen molar-refractivity contribution in [3.05, 3.63) is 52.5 Å². The number of fused-ring (bicyclic) bond motifs is 1. The topological polar surface area (TPSA) is 75.7 Å². The normalized spacial score (nSPS) is 16.8. The number of anilines is 2. The molecule has 0 radical (unpaired) electrons. The number of ether oxygens (including phenoxy) is 1. The number of nitrogens with zero attached hydrogens (tertiary/aromatic N) is 1. The molecule has 1 aliphatic heterocycles. The van der Waals surface area contributed by atoms with Gasteiger partial charge in [0.25, 0.3) is 5.91 Å². The third-order valence-corrected chi connectivity index (χ3v) is 5.89. The first kappa shape index (κ1) is 17.8. The maximum atomic E-state index is 12.6. The van der Waals surface area contributed by atoms with Gasteiger partial charge in [-0.1, -0.05) is 28.1 Å². The van der Waals surface area contributed by atoms with E-state index in [1.165, 1.54) is 4.31 Å². The molecular formula is C17H17BrN2O4S. The fraction of sp³-hybridized carbons (Fsp3) is 0.235. The second kappa shape index (κ2) is 6.68. The summed E-state index contributed by atoms with van der Waals surface area (Å²) in [7, 11) is -3.52. The summed E-state index contributed by atoms with van der Waals surface area (Å²) in [6, 6.07) is 12.2. The minimum absolute atomic E-state index is 0.0722. The van der Waals surface area contributed by atoms with Gasteiger partial charge in [0.1, 0.15) is 5.75 Å². The predicted octanol–water partition coefficient (Wildman–Crippen LogP) is 2.92. The van der Waals surface area contributed by atoms with Crippen molar-refractivity contribution >= 4 is 43.2 Å². The van der Waals surface area contributed by atoms with Crippen molar-refractivity contribution in [2.45, 2.75) is 13.0 Å². The lowest BCUT2D eigenvalue weighted by Crippen LogP contribution is -2.48. The molecule has 0 fully saturated rings. The van der Waals surface area contributed by atoms with E-state index in [0.717, 1.165) is 16.3 Å². The number of rotatable bonds is 3. The predicted molar refractivity (Wildman–Crippen MR) is 101 cm³/mol. The van der Waals surface area contributed by atoms with E-state index in [1.807, 2.05) is 19.1 Å². The van der Waals surface area contributed by atoms with Gasteiger partial charge in [0, 0.05) is 10.2 Å². The highest BCUT2D eigenvalue weighted by Gasteiger charge is 2.34. The molecule has 2 aromatic rings. The molecule has 0 saturated carbocycles. The molecule has 0 unspecified atom stereocenters. The number of carbonyl (C=O) groups excluding carboxylic acids is 1. The lowest BCUT2D eigenvalue weighted by Gasteiger charge is -2.33. The highest BCUT2D eigenvalue weighted by molar-refractivity contribution is 9.10. The highest BCUT2D eigenvalue weighted by atomic mass is 79.9. The molecule has 3 rings (SSSR count). The van der Waals surface area contributed by atoms with Gasteiger partial charge < -0.3 is 10.1 Å². The molecule has 25 heavy (non-hydrogen) atoms. The van der Waals surface area contributed by atoms with Gasteiger partial charge in [-0.05, 0) is 42.8 Å². The summed E-state index contributed by atoms with van der Waals surface area (Å²) in [4.78, 5) is 12.6. The van der Waals surface area contributed by atoms with Crippen LogP contribution in [0.4, 0.5) is 11.4 Å². The number of para-hydroxylation sites is 2. The van der Waals surface area contributed by atoms with E-state index in [9.17, 15) is 13.2 Å². The summed E-state index contributed by atoms with van der Waals surface area (Å²) in [5.41, 5.74) is 2.04. The third kappa shape index (κ3) is 3.80. The average molecular weight is 425 g/mol. The Bertz CT molecular complexity index is 930. The van der Waals surface area contributed by atoms with Crippen LogP contribution in [0.2, 0.25) is 0 Å². The number of aryl methyl sites for hydroxylation is 1. The molecule has 2 aromatic carbocycles. The van der Waals surface area contributed by atoms with E-state index >= 15 is 0 Å². The van der Waals surface area contributed by atoms with Crippen LogP contribution in [0, 0.1) is 6.92 Å². The summed E-state index contributed by atoms with van der Waals surface area (Å²) in [5, 5.41) is 2.78. The molecule has 1 amide bonds. The molecule has 0 aromatic heterocycles. The minimum atomic E-state index is -3.52. The number of carbonyl (C=O) groups is 1. The quantitative estimate of drug-likeness (QED) is 0.821. The maximum Gasteiger partial charge on any atom is 0.267 e.